The SMILES string of the molecule is c1cc(-n2c3ccccc3c3ccc(-c4ncc(-n5c6ccccc6c6ccccc65)s4)cc32)cc(-n2c3ccccc3c3cccnc32)c1. The number of hydrogen-bond acceptors (Lipinski definition) is 3. The molecule has 0 radical (unpaired) electrons. The maximum atomic E-state index is 5.00. The van der Waals surface area contributed by atoms with Crippen LogP contribution in [0.1, 0.15) is 0 Å². The van der Waals surface area contributed by atoms with Crippen LogP contribution in [0.15, 0.2) is 164 Å². The quantitative estimate of drug-likeness (QED) is 0.189. The molecule has 0 spiro atoms. The molecule has 50 heavy (non-hydrogen) atoms. The minimum absolute atomic E-state index is 0.957. The lowest BCUT2D eigenvalue weighted by Crippen LogP contribution is -1.99. The Morgan fingerprint density at radius 1 is 0.400 bits per heavy atom. The third-order valence-electron chi connectivity index (χ3n) is 9.99. The van der Waals surface area contributed by atoms with Gasteiger partial charge in [-0.05, 0) is 60.7 Å². The van der Waals surface area contributed by atoms with Crippen LogP contribution >= 0.6 is 11.3 Å². The Bertz CT molecular complexity index is 3010. The molecule has 0 aliphatic heterocycles. The lowest BCUT2D eigenvalue weighted by Gasteiger charge is -2.12. The standard InChI is InChI=1S/C44H27N5S/c1-5-18-37-33(15-1)35-23-22-28(44-46-27-42(50-44)49-39-20-7-2-13-31(39)32-14-3-8-21-40(32)49)25-41(35)47(37)29-11-9-12-30(26-29)48-38-19-6-4-16-34(38)36-17-10-24-45-43(36)48/h1-27H. The first-order valence-corrected chi connectivity index (χ1v) is 17.6. The van der Waals surface area contributed by atoms with E-state index in [2.05, 4.69) is 159 Å². The molecule has 6 heteroatoms. The topological polar surface area (TPSA) is 40.6 Å². The molecular formula is C44H27N5S. The highest BCUT2D eigenvalue weighted by Gasteiger charge is 2.18. The van der Waals surface area contributed by atoms with Gasteiger partial charge in [-0.25, -0.2) is 9.97 Å². The van der Waals surface area contributed by atoms with Gasteiger partial charge in [-0.15, -0.1) is 0 Å². The number of benzene rings is 6. The van der Waals surface area contributed by atoms with E-state index in [1.54, 1.807) is 11.3 Å². The van der Waals surface area contributed by atoms with E-state index in [4.69, 9.17) is 9.97 Å². The predicted molar refractivity (Wildman–Crippen MR) is 208 cm³/mol. The van der Waals surface area contributed by atoms with Crippen molar-refractivity contribution < 1.29 is 0 Å². The molecule has 234 valence electrons. The summed E-state index contributed by atoms with van der Waals surface area (Å²) in [5, 5.41) is 9.39. The van der Waals surface area contributed by atoms with Gasteiger partial charge in [-0.3, -0.25) is 9.13 Å². The zero-order chi connectivity index (χ0) is 32.8. The molecule has 0 N–H and O–H groups in total. The highest BCUT2D eigenvalue weighted by molar-refractivity contribution is 7.17. The maximum absolute atomic E-state index is 5.00. The van der Waals surface area contributed by atoms with E-state index >= 15 is 0 Å². The fraction of sp³-hybridized carbons (Fsp3) is 0. The van der Waals surface area contributed by atoms with Crippen molar-refractivity contribution in [1.29, 1.82) is 0 Å². The second kappa shape index (κ2) is 10.5. The van der Waals surface area contributed by atoms with E-state index in [9.17, 15) is 0 Å². The molecule has 0 aliphatic carbocycles. The molecule has 6 aromatic carbocycles. The van der Waals surface area contributed by atoms with E-state index in [1.165, 1.54) is 43.5 Å². The first-order chi connectivity index (χ1) is 24.8. The Balaban J connectivity index is 1.10. The van der Waals surface area contributed by atoms with Crippen LogP contribution < -0.4 is 0 Å². The number of thiazole rings is 1. The number of nitrogens with zero attached hydrogens (tertiary/aromatic N) is 5. The van der Waals surface area contributed by atoms with Gasteiger partial charge in [-0.1, -0.05) is 102 Å². The Labute approximate surface area is 290 Å². The summed E-state index contributed by atoms with van der Waals surface area (Å²) in [5.74, 6) is 0. The zero-order valence-electron chi connectivity index (χ0n) is 26.7. The summed E-state index contributed by atoms with van der Waals surface area (Å²) < 4.78 is 7.01. The molecule has 0 unspecified atom stereocenters. The summed E-state index contributed by atoms with van der Waals surface area (Å²) in [6.07, 6.45) is 3.89. The fourth-order valence-corrected chi connectivity index (χ4v) is 8.81. The number of pyridine rings is 1. The summed E-state index contributed by atoms with van der Waals surface area (Å²) in [4.78, 5) is 9.84. The van der Waals surface area contributed by atoms with Gasteiger partial charge in [0.15, 0.2) is 0 Å². The number of para-hydroxylation sites is 4. The smallest absolute Gasteiger partial charge is 0.145 e. The van der Waals surface area contributed by atoms with Crippen LogP contribution in [0.25, 0.3) is 92.5 Å². The minimum Gasteiger partial charge on any atom is -0.309 e. The highest BCUT2D eigenvalue weighted by Crippen LogP contribution is 2.39. The normalized spacial score (nSPS) is 12.0. The largest absolute Gasteiger partial charge is 0.309 e. The van der Waals surface area contributed by atoms with Crippen molar-refractivity contribution in [3.05, 3.63) is 164 Å². The first-order valence-electron chi connectivity index (χ1n) is 16.7. The van der Waals surface area contributed by atoms with Gasteiger partial charge < -0.3 is 4.57 Å². The summed E-state index contributed by atoms with van der Waals surface area (Å²) in [6, 6.07) is 54.2. The molecule has 0 atom stereocenters. The Kier molecular flexibility index (Phi) is 5.76. The van der Waals surface area contributed by atoms with Crippen LogP contribution in [0.5, 0.6) is 0 Å². The summed E-state index contributed by atoms with van der Waals surface area (Å²) in [5.41, 5.74) is 10.1. The van der Waals surface area contributed by atoms with Crippen molar-refractivity contribution in [2.45, 2.75) is 0 Å². The van der Waals surface area contributed by atoms with Gasteiger partial charge in [-0.2, -0.15) is 0 Å². The van der Waals surface area contributed by atoms with Gasteiger partial charge in [0, 0.05) is 55.5 Å². The lowest BCUT2D eigenvalue weighted by atomic mass is 10.1. The van der Waals surface area contributed by atoms with Crippen molar-refractivity contribution >= 4 is 76.9 Å². The fourth-order valence-electron chi connectivity index (χ4n) is 7.87. The molecule has 11 aromatic rings. The van der Waals surface area contributed by atoms with E-state index in [0.717, 1.165) is 49.0 Å². The number of fused-ring (bicyclic) bond motifs is 9. The van der Waals surface area contributed by atoms with Crippen molar-refractivity contribution in [1.82, 2.24) is 23.7 Å². The van der Waals surface area contributed by atoms with Gasteiger partial charge in [0.1, 0.15) is 15.7 Å². The maximum Gasteiger partial charge on any atom is 0.145 e. The van der Waals surface area contributed by atoms with Crippen LogP contribution in [0, 0.1) is 0 Å². The molecule has 0 saturated carbocycles. The third kappa shape index (κ3) is 3.88. The summed E-state index contributed by atoms with van der Waals surface area (Å²) >= 11 is 1.73. The van der Waals surface area contributed by atoms with E-state index in [1.807, 2.05) is 18.5 Å². The lowest BCUT2D eigenvalue weighted by molar-refractivity contribution is 1.11. The van der Waals surface area contributed by atoms with Crippen LogP contribution in [-0.2, 0) is 0 Å². The predicted octanol–water partition coefficient (Wildman–Crippen LogP) is 11.5. The molecule has 5 heterocycles. The average molecular weight is 658 g/mol. The molecule has 0 saturated heterocycles. The Morgan fingerprint density at radius 3 is 1.62 bits per heavy atom. The Hall–Kier alpha value is -6.50. The first kappa shape index (κ1) is 27.5. The monoisotopic (exact) mass is 657 g/mol. The van der Waals surface area contributed by atoms with Crippen LogP contribution in [0.4, 0.5) is 0 Å². The van der Waals surface area contributed by atoms with E-state index in [0.29, 0.717) is 0 Å². The number of aromatic nitrogens is 5. The van der Waals surface area contributed by atoms with E-state index in [-0.39, 0.29) is 0 Å². The average Bonchev–Trinajstić information content (AvgIpc) is 3.94. The molecule has 0 aliphatic rings. The molecular weight excluding hydrogens is 631 g/mol. The van der Waals surface area contributed by atoms with Gasteiger partial charge in [0.05, 0.1) is 33.8 Å². The highest BCUT2D eigenvalue weighted by atomic mass is 32.1. The molecule has 5 nitrogen and oxygen atoms in total. The van der Waals surface area contributed by atoms with Crippen LogP contribution in [-0.4, -0.2) is 23.7 Å². The molecule has 11 rings (SSSR count). The van der Waals surface area contributed by atoms with E-state index < -0.39 is 0 Å². The van der Waals surface area contributed by atoms with Crippen molar-refractivity contribution in [3.63, 3.8) is 0 Å². The molecule has 5 aromatic heterocycles. The molecule has 0 fully saturated rings. The van der Waals surface area contributed by atoms with Crippen LogP contribution in [0.3, 0.4) is 0 Å². The van der Waals surface area contributed by atoms with Gasteiger partial charge >= 0.3 is 0 Å². The number of hydrogen-bond donors (Lipinski definition) is 0. The van der Waals surface area contributed by atoms with Crippen LogP contribution in [0.2, 0.25) is 0 Å². The van der Waals surface area contributed by atoms with Crippen molar-refractivity contribution in [2.75, 3.05) is 0 Å². The third-order valence-corrected chi connectivity index (χ3v) is 11.0. The summed E-state index contributed by atoms with van der Waals surface area (Å²) in [6.45, 7) is 0. The minimum atomic E-state index is 0.957. The zero-order valence-corrected chi connectivity index (χ0v) is 27.5. The van der Waals surface area contributed by atoms with Crippen molar-refractivity contribution in [2.24, 2.45) is 0 Å². The Morgan fingerprint density at radius 2 is 0.940 bits per heavy atom. The van der Waals surface area contributed by atoms with Gasteiger partial charge in [0.25, 0.3) is 0 Å². The summed E-state index contributed by atoms with van der Waals surface area (Å²) in [7, 11) is 0. The number of rotatable bonds is 4. The molecule has 0 amide bonds. The van der Waals surface area contributed by atoms with Gasteiger partial charge in [0.2, 0.25) is 0 Å². The molecule has 0 bridgehead atoms. The second-order valence-electron chi connectivity index (χ2n) is 12.7. The van der Waals surface area contributed by atoms with Crippen molar-refractivity contribution in [3.8, 4) is 26.9 Å². The second-order valence-corrected chi connectivity index (χ2v) is 13.7.